The number of rotatable bonds is 6. The van der Waals surface area contributed by atoms with E-state index in [4.69, 9.17) is 10.8 Å². The molecule has 4 nitrogen and oxygen atoms in total. The molecule has 0 bridgehead atoms. The van der Waals surface area contributed by atoms with Gasteiger partial charge in [0.2, 0.25) is 5.91 Å². The van der Waals surface area contributed by atoms with Crippen LogP contribution in [0.25, 0.3) is 0 Å². The fourth-order valence-electron chi connectivity index (χ4n) is 1.97. The quantitative estimate of drug-likeness (QED) is 0.789. The van der Waals surface area contributed by atoms with Crippen LogP contribution < -0.4 is 5.73 Å². The molecule has 0 aromatic heterocycles. The third-order valence-corrected chi connectivity index (χ3v) is 2.96. The summed E-state index contributed by atoms with van der Waals surface area (Å²) in [7, 11) is 0. The fourth-order valence-corrected chi connectivity index (χ4v) is 1.97. The van der Waals surface area contributed by atoms with Gasteiger partial charge in [-0.25, -0.2) is 0 Å². The van der Waals surface area contributed by atoms with E-state index < -0.39 is 0 Å². The van der Waals surface area contributed by atoms with Crippen molar-refractivity contribution in [3.8, 4) is 0 Å². The molecule has 1 rings (SSSR count). The monoisotopic (exact) mass is 250 g/mol. The Bertz CT molecular complexity index is 391. The van der Waals surface area contributed by atoms with Crippen LogP contribution in [0.1, 0.15) is 25.0 Å². The highest BCUT2D eigenvalue weighted by Gasteiger charge is 2.17. The Kier molecular flexibility index (Phi) is 5.82. The Labute approximate surface area is 108 Å². The van der Waals surface area contributed by atoms with Gasteiger partial charge in [-0.2, -0.15) is 0 Å². The summed E-state index contributed by atoms with van der Waals surface area (Å²) in [6.07, 6.45) is 0.339. The van der Waals surface area contributed by atoms with Gasteiger partial charge in [-0.05, 0) is 25.0 Å². The topological polar surface area (TPSA) is 66.6 Å². The summed E-state index contributed by atoms with van der Waals surface area (Å²) < 4.78 is 0. The molecule has 0 aliphatic carbocycles. The minimum atomic E-state index is -0.0115. The molecule has 0 saturated heterocycles. The Hall–Kier alpha value is -1.39. The predicted molar refractivity (Wildman–Crippen MR) is 72.0 cm³/mol. The van der Waals surface area contributed by atoms with Crippen molar-refractivity contribution in [1.82, 2.24) is 4.90 Å². The van der Waals surface area contributed by atoms with E-state index in [0.29, 0.717) is 19.5 Å². The molecule has 0 spiro atoms. The van der Waals surface area contributed by atoms with Crippen molar-refractivity contribution in [2.75, 3.05) is 13.2 Å². The van der Waals surface area contributed by atoms with Gasteiger partial charge in [0.15, 0.2) is 0 Å². The third kappa shape index (κ3) is 3.82. The zero-order valence-electron chi connectivity index (χ0n) is 11.1. The molecule has 0 radical (unpaired) electrons. The van der Waals surface area contributed by atoms with E-state index in [9.17, 15) is 4.79 Å². The van der Waals surface area contributed by atoms with Crippen LogP contribution in [0.4, 0.5) is 0 Å². The van der Waals surface area contributed by atoms with Crippen LogP contribution in [0.2, 0.25) is 0 Å². The second-order valence-electron chi connectivity index (χ2n) is 4.55. The van der Waals surface area contributed by atoms with Gasteiger partial charge in [-0.3, -0.25) is 4.79 Å². The van der Waals surface area contributed by atoms with Crippen LogP contribution in [0.5, 0.6) is 0 Å². The van der Waals surface area contributed by atoms with E-state index in [-0.39, 0.29) is 18.6 Å². The molecular weight excluding hydrogens is 228 g/mol. The molecule has 0 unspecified atom stereocenters. The molecule has 18 heavy (non-hydrogen) atoms. The highest BCUT2D eigenvalue weighted by molar-refractivity contribution is 5.79. The van der Waals surface area contributed by atoms with E-state index in [0.717, 1.165) is 11.1 Å². The first-order valence-corrected chi connectivity index (χ1v) is 6.27. The summed E-state index contributed by atoms with van der Waals surface area (Å²) in [5, 5.41) is 8.99. The van der Waals surface area contributed by atoms with Gasteiger partial charge >= 0.3 is 0 Å². The minimum absolute atomic E-state index is 0.0115. The van der Waals surface area contributed by atoms with Gasteiger partial charge in [0, 0.05) is 19.1 Å². The summed E-state index contributed by atoms with van der Waals surface area (Å²) in [5.41, 5.74) is 7.62. The van der Waals surface area contributed by atoms with Gasteiger partial charge in [-0.1, -0.05) is 24.3 Å². The summed E-state index contributed by atoms with van der Waals surface area (Å²) in [5.74, 6) is 0.0277. The molecular formula is C14H22N2O2. The van der Waals surface area contributed by atoms with Crippen LogP contribution in [0.15, 0.2) is 24.3 Å². The maximum Gasteiger partial charge on any atom is 0.227 e. The summed E-state index contributed by atoms with van der Waals surface area (Å²) in [6.45, 7) is 4.69. The standard InChI is InChI=1S/C14H22N2O2/c1-11(2)16(7-8-17)14(18)9-12-5-3-4-6-13(12)10-15/h3-6,11,17H,7-10,15H2,1-2H3. The van der Waals surface area contributed by atoms with Crippen LogP contribution in [0.3, 0.4) is 0 Å². The first kappa shape index (κ1) is 14.7. The maximum absolute atomic E-state index is 12.2. The number of nitrogens with zero attached hydrogens (tertiary/aromatic N) is 1. The second kappa shape index (κ2) is 7.13. The Morgan fingerprint density at radius 2 is 1.94 bits per heavy atom. The molecule has 1 aromatic carbocycles. The number of hydrogen-bond acceptors (Lipinski definition) is 3. The molecule has 0 heterocycles. The summed E-state index contributed by atoms with van der Waals surface area (Å²) in [4.78, 5) is 13.9. The average Bonchev–Trinajstić information content (AvgIpc) is 2.36. The first-order chi connectivity index (χ1) is 8.60. The van der Waals surface area contributed by atoms with Crippen molar-refractivity contribution in [1.29, 1.82) is 0 Å². The minimum Gasteiger partial charge on any atom is -0.395 e. The highest BCUT2D eigenvalue weighted by Crippen LogP contribution is 2.11. The zero-order chi connectivity index (χ0) is 13.5. The predicted octanol–water partition coefficient (Wildman–Crippen LogP) is 0.917. The maximum atomic E-state index is 12.2. The third-order valence-electron chi connectivity index (χ3n) is 2.96. The van der Waals surface area contributed by atoms with E-state index in [1.54, 1.807) is 4.90 Å². The Morgan fingerprint density at radius 3 is 2.44 bits per heavy atom. The lowest BCUT2D eigenvalue weighted by Crippen LogP contribution is -2.40. The van der Waals surface area contributed by atoms with Gasteiger partial charge in [-0.15, -0.1) is 0 Å². The van der Waals surface area contributed by atoms with E-state index in [2.05, 4.69) is 0 Å². The van der Waals surface area contributed by atoms with Crippen LogP contribution in [-0.2, 0) is 17.8 Å². The number of carbonyl (C=O) groups is 1. The van der Waals surface area contributed by atoms with Gasteiger partial charge in [0.1, 0.15) is 0 Å². The number of nitrogens with two attached hydrogens (primary N) is 1. The Morgan fingerprint density at radius 1 is 1.33 bits per heavy atom. The van der Waals surface area contributed by atoms with Crippen LogP contribution in [0, 0.1) is 0 Å². The van der Waals surface area contributed by atoms with E-state index in [1.807, 2.05) is 38.1 Å². The molecule has 0 aliphatic rings. The number of hydrogen-bond donors (Lipinski definition) is 2. The summed E-state index contributed by atoms with van der Waals surface area (Å²) >= 11 is 0. The van der Waals surface area contributed by atoms with Crippen LogP contribution in [-0.4, -0.2) is 35.1 Å². The smallest absolute Gasteiger partial charge is 0.227 e. The first-order valence-electron chi connectivity index (χ1n) is 6.27. The number of amides is 1. The van der Waals surface area contributed by atoms with Gasteiger partial charge in [0.25, 0.3) is 0 Å². The molecule has 0 atom stereocenters. The number of aliphatic hydroxyl groups excluding tert-OH is 1. The van der Waals surface area contributed by atoms with Crippen molar-refractivity contribution in [3.05, 3.63) is 35.4 Å². The van der Waals surface area contributed by atoms with E-state index >= 15 is 0 Å². The molecule has 100 valence electrons. The fraction of sp³-hybridized carbons (Fsp3) is 0.500. The molecule has 0 fully saturated rings. The average molecular weight is 250 g/mol. The highest BCUT2D eigenvalue weighted by atomic mass is 16.3. The van der Waals surface area contributed by atoms with Crippen molar-refractivity contribution < 1.29 is 9.90 Å². The van der Waals surface area contributed by atoms with Crippen molar-refractivity contribution >= 4 is 5.91 Å². The van der Waals surface area contributed by atoms with Crippen LogP contribution >= 0.6 is 0 Å². The molecule has 3 N–H and O–H groups in total. The largest absolute Gasteiger partial charge is 0.395 e. The number of benzene rings is 1. The van der Waals surface area contributed by atoms with Gasteiger partial charge < -0.3 is 15.7 Å². The molecule has 1 aromatic rings. The summed E-state index contributed by atoms with van der Waals surface area (Å²) in [6, 6.07) is 7.79. The van der Waals surface area contributed by atoms with Gasteiger partial charge in [0.05, 0.1) is 13.0 Å². The number of aliphatic hydroxyl groups is 1. The van der Waals surface area contributed by atoms with E-state index in [1.165, 1.54) is 0 Å². The van der Waals surface area contributed by atoms with Crippen molar-refractivity contribution in [2.24, 2.45) is 5.73 Å². The lowest BCUT2D eigenvalue weighted by atomic mass is 10.0. The number of carbonyl (C=O) groups excluding carboxylic acids is 1. The normalized spacial score (nSPS) is 10.7. The SMILES string of the molecule is CC(C)N(CCO)C(=O)Cc1ccccc1CN. The lowest BCUT2D eigenvalue weighted by molar-refractivity contribution is -0.132. The lowest BCUT2D eigenvalue weighted by Gasteiger charge is -2.26. The molecule has 4 heteroatoms. The molecule has 0 saturated carbocycles. The molecule has 1 amide bonds. The van der Waals surface area contributed by atoms with Crippen molar-refractivity contribution in [3.63, 3.8) is 0 Å². The Balaban J connectivity index is 2.79. The second-order valence-corrected chi connectivity index (χ2v) is 4.55. The molecule has 0 aliphatic heterocycles. The van der Waals surface area contributed by atoms with Crippen molar-refractivity contribution in [2.45, 2.75) is 32.9 Å². The zero-order valence-corrected chi connectivity index (χ0v) is 11.1.